The van der Waals surface area contributed by atoms with E-state index in [0.717, 1.165) is 11.3 Å². The largest absolute Gasteiger partial charge is 0.455 e. The maximum atomic E-state index is 13.0. The number of hydrazone groups is 1. The number of rotatable bonds is 8. The summed E-state index contributed by atoms with van der Waals surface area (Å²) in [6.07, 6.45) is 2.90. The predicted molar refractivity (Wildman–Crippen MR) is 158 cm³/mol. The van der Waals surface area contributed by atoms with E-state index in [1.165, 1.54) is 12.3 Å². The quantitative estimate of drug-likeness (QED) is 0.103. The Balaban J connectivity index is 1.52. The van der Waals surface area contributed by atoms with Gasteiger partial charge in [0.05, 0.1) is 21.3 Å². The van der Waals surface area contributed by atoms with E-state index in [1.54, 1.807) is 54.6 Å². The number of hydrogen-bond donors (Lipinski definition) is 2. The number of carbonyl (C=O) groups is 2. The van der Waals surface area contributed by atoms with Gasteiger partial charge in [0.2, 0.25) is 0 Å². The zero-order valence-corrected chi connectivity index (χ0v) is 23.2. The van der Waals surface area contributed by atoms with Gasteiger partial charge < -0.3 is 14.6 Å². The Hall–Kier alpha value is -4.04. The zero-order chi connectivity index (χ0) is 27.9. The molecule has 0 fully saturated rings. The first kappa shape index (κ1) is 28.0. The summed E-state index contributed by atoms with van der Waals surface area (Å²) in [7, 11) is 3.87. The van der Waals surface area contributed by atoms with Crippen LogP contribution < -0.4 is 15.6 Å². The first-order valence-electron chi connectivity index (χ1n) is 11.6. The summed E-state index contributed by atoms with van der Waals surface area (Å²) < 4.78 is 5.76. The molecule has 0 saturated heterocycles. The summed E-state index contributed by atoms with van der Waals surface area (Å²) >= 11 is 18.4. The summed E-state index contributed by atoms with van der Waals surface area (Å²) in [6.45, 7) is 0. The molecular weight excluding hydrogens is 559 g/mol. The molecule has 4 rings (SSSR count). The molecule has 4 aromatic rings. The van der Waals surface area contributed by atoms with Crippen molar-refractivity contribution in [2.45, 2.75) is 0 Å². The molecule has 3 aromatic carbocycles. The highest BCUT2D eigenvalue weighted by Crippen LogP contribution is 2.35. The standard InChI is InChI=1S/C29H23Cl3N4O3/c1-36(2)20-10-8-18(9-11-20)14-26(34-28(37)19-6-4-3-5-7-19)29(38)35-33-17-21-12-13-27(39-21)22-15-24(31)25(32)16-23(22)30/h3-17H,1-2H3,(H,34,37)(H,35,38)/b26-14+,33-17-. The van der Waals surface area contributed by atoms with Gasteiger partial charge in [-0.15, -0.1) is 0 Å². The van der Waals surface area contributed by atoms with Crippen LogP contribution in [0.3, 0.4) is 0 Å². The van der Waals surface area contributed by atoms with Crippen molar-refractivity contribution in [3.05, 3.63) is 117 Å². The SMILES string of the molecule is CN(C)c1ccc(/C=C(/NC(=O)c2ccccc2)C(=O)N/N=C\c2ccc(-c3cc(Cl)c(Cl)cc3Cl)o2)cc1. The Morgan fingerprint density at radius 1 is 0.872 bits per heavy atom. The molecular formula is C29H23Cl3N4O3. The van der Waals surface area contributed by atoms with Crippen LogP contribution in [0.1, 0.15) is 21.7 Å². The molecule has 1 aromatic heterocycles. The smallest absolute Gasteiger partial charge is 0.287 e. The number of furan rings is 1. The van der Waals surface area contributed by atoms with Crippen LogP contribution in [0, 0.1) is 0 Å². The second-order valence-corrected chi connectivity index (χ2v) is 9.73. The lowest BCUT2D eigenvalue weighted by Gasteiger charge is -2.12. The van der Waals surface area contributed by atoms with Crippen molar-refractivity contribution in [2.24, 2.45) is 5.10 Å². The topological polar surface area (TPSA) is 86.9 Å². The van der Waals surface area contributed by atoms with Gasteiger partial charge in [-0.25, -0.2) is 5.43 Å². The molecule has 2 N–H and O–H groups in total. The number of anilines is 1. The molecule has 7 nitrogen and oxygen atoms in total. The van der Waals surface area contributed by atoms with Gasteiger partial charge in [-0.05, 0) is 60.2 Å². The lowest BCUT2D eigenvalue weighted by molar-refractivity contribution is -0.117. The molecule has 0 spiro atoms. The van der Waals surface area contributed by atoms with E-state index in [9.17, 15) is 9.59 Å². The number of nitrogens with zero attached hydrogens (tertiary/aromatic N) is 2. The molecule has 0 unspecified atom stereocenters. The number of halogens is 3. The molecule has 0 saturated carbocycles. The predicted octanol–water partition coefficient (Wildman–Crippen LogP) is 6.89. The fourth-order valence-electron chi connectivity index (χ4n) is 3.47. The van der Waals surface area contributed by atoms with Crippen LogP contribution in [0.15, 0.2) is 94.1 Å². The molecule has 2 amide bonds. The second-order valence-electron chi connectivity index (χ2n) is 8.51. The van der Waals surface area contributed by atoms with E-state index in [2.05, 4.69) is 15.8 Å². The van der Waals surface area contributed by atoms with Crippen molar-refractivity contribution in [3.8, 4) is 11.3 Å². The summed E-state index contributed by atoms with van der Waals surface area (Å²) in [4.78, 5) is 27.8. The van der Waals surface area contributed by atoms with Crippen molar-refractivity contribution < 1.29 is 14.0 Å². The van der Waals surface area contributed by atoms with Crippen LogP contribution in [-0.2, 0) is 4.79 Å². The van der Waals surface area contributed by atoms with Gasteiger partial charge in [0.25, 0.3) is 11.8 Å². The Morgan fingerprint density at radius 3 is 2.26 bits per heavy atom. The van der Waals surface area contributed by atoms with Gasteiger partial charge >= 0.3 is 0 Å². The van der Waals surface area contributed by atoms with Crippen LogP contribution in [0.2, 0.25) is 15.1 Å². The molecule has 0 radical (unpaired) electrons. The lowest BCUT2D eigenvalue weighted by Crippen LogP contribution is -2.32. The Kier molecular flexibility index (Phi) is 9.09. The highest BCUT2D eigenvalue weighted by Gasteiger charge is 2.15. The highest BCUT2D eigenvalue weighted by atomic mass is 35.5. The van der Waals surface area contributed by atoms with E-state index in [-0.39, 0.29) is 5.70 Å². The van der Waals surface area contributed by atoms with Gasteiger partial charge in [-0.3, -0.25) is 9.59 Å². The average molecular weight is 582 g/mol. The van der Waals surface area contributed by atoms with Gasteiger partial charge in [0, 0.05) is 30.9 Å². The number of carbonyl (C=O) groups excluding carboxylic acids is 2. The van der Waals surface area contributed by atoms with E-state index in [0.29, 0.717) is 37.7 Å². The van der Waals surface area contributed by atoms with Crippen LogP contribution >= 0.6 is 34.8 Å². The van der Waals surface area contributed by atoms with Crippen molar-refractivity contribution in [1.82, 2.24) is 10.7 Å². The molecule has 10 heteroatoms. The third-order valence-electron chi connectivity index (χ3n) is 5.51. The Morgan fingerprint density at radius 2 is 1.56 bits per heavy atom. The van der Waals surface area contributed by atoms with Gasteiger partial charge in [-0.2, -0.15) is 5.10 Å². The maximum Gasteiger partial charge on any atom is 0.287 e. The third kappa shape index (κ3) is 7.29. The monoisotopic (exact) mass is 580 g/mol. The molecule has 0 aliphatic rings. The number of hydrogen-bond acceptors (Lipinski definition) is 5. The minimum Gasteiger partial charge on any atom is -0.455 e. The minimum atomic E-state index is -0.619. The minimum absolute atomic E-state index is 0.0151. The van der Waals surface area contributed by atoms with E-state index >= 15 is 0 Å². The van der Waals surface area contributed by atoms with E-state index < -0.39 is 11.8 Å². The number of benzene rings is 3. The molecule has 198 valence electrons. The normalized spacial score (nSPS) is 11.5. The molecule has 39 heavy (non-hydrogen) atoms. The fraction of sp³-hybridized carbons (Fsp3) is 0.0690. The Labute approximate surface area is 240 Å². The molecule has 0 aliphatic carbocycles. The lowest BCUT2D eigenvalue weighted by atomic mass is 10.1. The number of amides is 2. The Bertz CT molecular complexity index is 1550. The van der Waals surface area contributed by atoms with Crippen molar-refractivity contribution in [3.63, 3.8) is 0 Å². The molecule has 0 atom stereocenters. The van der Waals surface area contributed by atoms with Crippen LogP contribution in [-0.4, -0.2) is 32.1 Å². The summed E-state index contributed by atoms with van der Waals surface area (Å²) in [5.74, 6) is -0.250. The van der Waals surface area contributed by atoms with Crippen LogP contribution in [0.4, 0.5) is 5.69 Å². The van der Waals surface area contributed by atoms with Crippen molar-refractivity contribution in [1.29, 1.82) is 0 Å². The molecule has 0 aliphatic heterocycles. The number of nitrogens with one attached hydrogen (secondary N) is 2. The van der Waals surface area contributed by atoms with Crippen molar-refractivity contribution in [2.75, 3.05) is 19.0 Å². The van der Waals surface area contributed by atoms with Gasteiger partial charge in [0.15, 0.2) is 0 Å². The third-order valence-corrected chi connectivity index (χ3v) is 6.54. The second kappa shape index (κ2) is 12.7. The zero-order valence-electron chi connectivity index (χ0n) is 20.9. The average Bonchev–Trinajstić information content (AvgIpc) is 3.39. The van der Waals surface area contributed by atoms with E-state index in [4.69, 9.17) is 39.2 Å². The van der Waals surface area contributed by atoms with Gasteiger partial charge in [0.1, 0.15) is 17.2 Å². The summed E-state index contributed by atoms with van der Waals surface area (Å²) in [6, 6.07) is 22.6. The highest BCUT2D eigenvalue weighted by molar-refractivity contribution is 6.44. The van der Waals surface area contributed by atoms with Crippen LogP contribution in [0.5, 0.6) is 0 Å². The molecule has 1 heterocycles. The summed E-state index contributed by atoms with van der Waals surface area (Å²) in [5, 5.41) is 7.70. The van der Waals surface area contributed by atoms with E-state index in [1.807, 2.05) is 43.3 Å². The fourth-order valence-corrected chi connectivity index (χ4v) is 4.11. The maximum absolute atomic E-state index is 13.0. The van der Waals surface area contributed by atoms with Gasteiger partial charge in [-0.1, -0.05) is 65.1 Å². The van der Waals surface area contributed by atoms with Crippen LogP contribution in [0.25, 0.3) is 17.4 Å². The first-order chi connectivity index (χ1) is 18.7. The summed E-state index contributed by atoms with van der Waals surface area (Å²) in [5.41, 5.74) is 5.13. The molecule has 0 bridgehead atoms. The first-order valence-corrected chi connectivity index (χ1v) is 12.8. The van der Waals surface area contributed by atoms with Crippen molar-refractivity contribution >= 4 is 64.6 Å².